The molecule has 0 aliphatic carbocycles. The Labute approximate surface area is 183 Å². The van der Waals surface area contributed by atoms with Gasteiger partial charge in [0.25, 0.3) is 0 Å². The summed E-state index contributed by atoms with van der Waals surface area (Å²) in [5, 5.41) is 6.75. The Morgan fingerprint density at radius 3 is 2.35 bits per heavy atom. The van der Waals surface area contributed by atoms with E-state index in [1.165, 1.54) is 18.2 Å². The second-order valence-electron chi connectivity index (χ2n) is 6.48. The highest BCUT2D eigenvalue weighted by Gasteiger charge is 2.15. The highest BCUT2D eigenvalue weighted by atomic mass is 35.5. The van der Waals surface area contributed by atoms with Crippen molar-refractivity contribution in [3.05, 3.63) is 94.8 Å². The maximum atomic E-state index is 13.6. The summed E-state index contributed by atoms with van der Waals surface area (Å²) in [5.41, 5.74) is 4.15. The van der Waals surface area contributed by atoms with E-state index in [0.717, 1.165) is 11.1 Å². The molecule has 0 saturated heterocycles. The van der Waals surface area contributed by atoms with Gasteiger partial charge in [0.15, 0.2) is 0 Å². The Kier molecular flexibility index (Phi) is 7.35. The Morgan fingerprint density at radius 2 is 1.65 bits per heavy atom. The van der Waals surface area contributed by atoms with Gasteiger partial charge in [0.2, 0.25) is 0 Å². The highest BCUT2D eigenvalue weighted by Crippen LogP contribution is 2.19. The van der Waals surface area contributed by atoms with Gasteiger partial charge in [-0.3, -0.25) is 9.59 Å². The fraction of sp³-hybridized carbons (Fsp3) is 0.0870. The molecule has 0 bridgehead atoms. The molecule has 3 rings (SSSR count). The Bertz CT molecular complexity index is 1120. The summed E-state index contributed by atoms with van der Waals surface area (Å²) in [4.78, 5) is 23.8. The van der Waals surface area contributed by atoms with Crippen molar-refractivity contribution < 1.29 is 18.7 Å². The molecule has 0 atom stereocenters. The molecule has 0 aromatic heterocycles. The number of halogens is 2. The van der Waals surface area contributed by atoms with E-state index < -0.39 is 17.6 Å². The van der Waals surface area contributed by atoms with E-state index in [2.05, 4.69) is 15.8 Å². The second-order valence-corrected chi connectivity index (χ2v) is 6.88. The molecule has 31 heavy (non-hydrogen) atoms. The number of nitrogens with one attached hydrogen (secondary N) is 2. The maximum Gasteiger partial charge on any atom is 0.329 e. The number of amides is 2. The number of benzene rings is 3. The van der Waals surface area contributed by atoms with Crippen molar-refractivity contribution in [2.45, 2.75) is 13.5 Å². The van der Waals surface area contributed by atoms with Crippen LogP contribution < -0.4 is 15.5 Å². The molecule has 6 nitrogen and oxygen atoms in total. The summed E-state index contributed by atoms with van der Waals surface area (Å²) < 4.78 is 19.3. The summed E-state index contributed by atoms with van der Waals surface area (Å²) in [6, 6.07) is 20.0. The summed E-state index contributed by atoms with van der Waals surface area (Å²) in [6.07, 6.45) is 0. The van der Waals surface area contributed by atoms with Crippen LogP contribution in [0, 0.1) is 5.82 Å². The van der Waals surface area contributed by atoms with Crippen LogP contribution in [-0.4, -0.2) is 17.5 Å². The lowest BCUT2D eigenvalue weighted by atomic mass is 10.1. The molecule has 0 radical (unpaired) electrons. The third-order valence-corrected chi connectivity index (χ3v) is 4.65. The minimum atomic E-state index is -1.02. The van der Waals surface area contributed by atoms with Crippen LogP contribution in [0.15, 0.2) is 77.9 Å². The zero-order valence-corrected chi connectivity index (χ0v) is 17.3. The number of ether oxygens (including phenoxy) is 1. The van der Waals surface area contributed by atoms with Crippen LogP contribution >= 0.6 is 11.6 Å². The molecule has 3 aromatic carbocycles. The number of rotatable bonds is 6. The first-order valence-corrected chi connectivity index (χ1v) is 9.68. The molecule has 0 unspecified atom stereocenters. The second kappa shape index (κ2) is 10.4. The van der Waals surface area contributed by atoms with Crippen molar-refractivity contribution in [1.82, 2.24) is 5.43 Å². The van der Waals surface area contributed by atoms with Crippen LogP contribution in [0.2, 0.25) is 5.02 Å². The molecule has 0 aliphatic heterocycles. The van der Waals surface area contributed by atoms with Gasteiger partial charge >= 0.3 is 11.8 Å². The van der Waals surface area contributed by atoms with E-state index in [4.69, 9.17) is 16.3 Å². The van der Waals surface area contributed by atoms with Gasteiger partial charge in [0.05, 0.1) is 11.4 Å². The zero-order valence-electron chi connectivity index (χ0n) is 16.6. The lowest BCUT2D eigenvalue weighted by molar-refractivity contribution is -0.136. The van der Waals surface area contributed by atoms with Gasteiger partial charge in [0, 0.05) is 10.6 Å². The monoisotopic (exact) mass is 439 g/mol. The SMILES string of the molecule is CC(=NNC(=O)C(=O)Nc1ccccc1F)c1ccc(OCc2ccccc2Cl)cc1. The van der Waals surface area contributed by atoms with E-state index in [-0.39, 0.29) is 5.69 Å². The molecular formula is C23H19ClFN3O3. The molecule has 0 heterocycles. The number of carbonyl (C=O) groups is 2. The van der Waals surface area contributed by atoms with Crippen molar-refractivity contribution in [3.63, 3.8) is 0 Å². The van der Waals surface area contributed by atoms with E-state index >= 15 is 0 Å². The topological polar surface area (TPSA) is 79.8 Å². The molecule has 2 N–H and O–H groups in total. The Morgan fingerprint density at radius 1 is 0.968 bits per heavy atom. The average molecular weight is 440 g/mol. The largest absolute Gasteiger partial charge is 0.489 e. The number of hydrazone groups is 1. The van der Waals surface area contributed by atoms with Crippen molar-refractivity contribution in [2.75, 3.05) is 5.32 Å². The molecule has 8 heteroatoms. The smallest absolute Gasteiger partial charge is 0.329 e. The standard InChI is InChI=1S/C23H19ClFN3O3/c1-15(27-28-23(30)22(29)26-21-9-5-4-8-20(21)25)16-10-12-18(13-11-16)31-14-17-6-2-3-7-19(17)24/h2-13H,14H2,1H3,(H,26,29)(H,28,30). The summed E-state index contributed by atoms with van der Waals surface area (Å²) >= 11 is 6.12. The predicted octanol–water partition coefficient (Wildman–Crippen LogP) is 4.54. The van der Waals surface area contributed by atoms with Crippen molar-refractivity contribution in [3.8, 4) is 5.75 Å². The van der Waals surface area contributed by atoms with Crippen LogP contribution in [0.25, 0.3) is 0 Å². The van der Waals surface area contributed by atoms with Crippen molar-refractivity contribution in [2.24, 2.45) is 5.10 Å². The minimum absolute atomic E-state index is 0.0873. The molecule has 0 spiro atoms. The number of nitrogens with zero attached hydrogens (tertiary/aromatic N) is 1. The Hall–Kier alpha value is -3.71. The molecule has 3 aromatic rings. The van der Waals surface area contributed by atoms with Crippen LogP contribution in [0.1, 0.15) is 18.1 Å². The maximum absolute atomic E-state index is 13.6. The van der Waals surface area contributed by atoms with E-state index in [1.807, 2.05) is 18.2 Å². The normalized spacial score (nSPS) is 11.0. The van der Waals surface area contributed by atoms with Gasteiger partial charge < -0.3 is 10.1 Å². The van der Waals surface area contributed by atoms with Gasteiger partial charge in [-0.05, 0) is 55.0 Å². The quantitative estimate of drug-likeness (QED) is 0.336. The van der Waals surface area contributed by atoms with Gasteiger partial charge in [-0.2, -0.15) is 5.10 Å². The first-order valence-electron chi connectivity index (χ1n) is 9.31. The first-order chi connectivity index (χ1) is 14.9. The lowest BCUT2D eigenvalue weighted by Gasteiger charge is -2.09. The van der Waals surface area contributed by atoms with E-state index in [9.17, 15) is 14.0 Å². The van der Waals surface area contributed by atoms with Crippen LogP contribution in [0.5, 0.6) is 5.75 Å². The third kappa shape index (κ3) is 6.13. The van der Waals surface area contributed by atoms with Crippen molar-refractivity contribution >= 4 is 34.8 Å². The fourth-order valence-electron chi connectivity index (χ4n) is 2.56. The van der Waals surface area contributed by atoms with Crippen molar-refractivity contribution in [1.29, 1.82) is 0 Å². The number of carbonyl (C=O) groups excluding carboxylic acids is 2. The first kappa shape index (κ1) is 22.0. The molecular weight excluding hydrogens is 421 g/mol. The van der Waals surface area contributed by atoms with Crippen LogP contribution in [0.4, 0.5) is 10.1 Å². The predicted molar refractivity (Wildman–Crippen MR) is 118 cm³/mol. The van der Waals surface area contributed by atoms with Gasteiger partial charge in [0.1, 0.15) is 18.2 Å². The summed E-state index contributed by atoms with van der Waals surface area (Å²) in [6.45, 7) is 2.01. The number of hydrogen-bond donors (Lipinski definition) is 2. The fourth-order valence-corrected chi connectivity index (χ4v) is 2.75. The zero-order chi connectivity index (χ0) is 22.2. The highest BCUT2D eigenvalue weighted by molar-refractivity contribution is 6.39. The van der Waals surface area contributed by atoms with Crippen LogP contribution in [0.3, 0.4) is 0 Å². The molecule has 0 saturated carbocycles. The number of anilines is 1. The summed E-state index contributed by atoms with van der Waals surface area (Å²) in [5.74, 6) is -2.03. The summed E-state index contributed by atoms with van der Waals surface area (Å²) in [7, 11) is 0. The number of hydrogen-bond acceptors (Lipinski definition) is 4. The molecule has 2 amide bonds. The molecule has 158 valence electrons. The van der Waals surface area contributed by atoms with E-state index in [1.54, 1.807) is 43.3 Å². The minimum Gasteiger partial charge on any atom is -0.489 e. The van der Waals surface area contributed by atoms with Crippen LogP contribution in [-0.2, 0) is 16.2 Å². The lowest BCUT2D eigenvalue weighted by Crippen LogP contribution is -2.33. The van der Waals surface area contributed by atoms with Gasteiger partial charge in [-0.1, -0.05) is 41.9 Å². The molecule has 0 aliphatic rings. The average Bonchev–Trinajstić information content (AvgIpc) is 2.78. The number of para-hydroxylation sites is 1. The van der Waals surface area contributed by atoms with E-state index in [0.29, 0.717) is 23.1 Å². The third-order valence-electron chi connectivity index (χ3n) is 4.28. The molecule has 0 fully saturated rings. The Balaban J connectivity index is 1.55. The van der Waals surface area contributed by atoms with Gasteiger partial charge in [-0.25, -0.2) is 9.82 Å². The van der Waals surface area contributed by atoms with Gasteiger partial charge in [-0.15, -0.1) is 0 Å².